The van der Waals surface area contributed by atoms with Gasteiger partial charge < -0.3 is 19.7 Å². The lowest BCUT2D eigenvalue weighted by Crippen LogP contribution is -2.50. The van der Waals surface area contributed by atoms with Gasteiger partial charge in [-0.3, -0.25) is 4.79 Å². The van der Waals surface area contributed by atoms with Crippen LogP contribution in [0.1, 0.15) is 6.42 Å². The van der Waals surface area contributed by atoms with E-state index in [0.29, 0.717) is 0 Å². The molecule has 0 bridgehead atoms. The van der Waals surface area contributed by atoms with Crippen molar-refractivity contribution in [3.63, 3.8) is 0 Å². The summed E-state index contributed by atoms with van der Waals surface area (Å²) in [5.41, 5.74) is -2.42. The van der Waals surface area contributed by atoms with Crippen LogP contribution in [0.4, 0.5) is 0 Å². The molecule has 7 heteroatoms. The van der Waals surface area contributed by atoms with Crippen LogP contribution in [0.25, 0.3) is 0 Å². The zero-order valence-electron chi connectivity index (χ0n) is 7.22. The van der Waals surface area contributed by atoms with Crippen molar-refractivity contribution in [3.8, 4) is 0 Å². The lowest BCUT2D eigenvalue weighted by Gasteiger charge is -2.20. The minimum atomic E-state index is -2.42. The molecule has 1 rings (SSSR count). The van der Waals surface area contributed by atoms with Crippen LogP contribution >= 0.6 is 0 Å². The Hall–Kier alpha value is -1.63. The fraction of sp³-hybridized carbons (Fsp3) is 0.571. The van der Waals surface area contributed by atoms with Gasteiger partial charge in [0.05, 0.1) is 13.5 Å². The molecular formula is C7H8O7. The predicted molar refractivity (Wildman–Crippen MR) is 39.1 cm³/mol. The van der Waals surface area contributed by atoms with Crippen LogP contribution < -0.4 is 0 Å². The average Bonchev–Trinajstić information content (AvgIpc) is 2.41. The summed E-state index contributed by atoms with van der Waals surface area (Å²) in [5, 5.41) is 18.1. The number of cyclic esters (lactones) is 1. The Morgan fingerprint density at radius 2 is 2.21 bits per heavy atom. The van der Waals surface area contributed by atoms with Gasteiger partial charge in [-0.15, -0.1) is 0 Å². The Kier molecular flexibility index (Phi) is 2.43. The molecule has 0 amide bonds. The molecule has 1 fully saturated rings. The van der Waals surface area contributed by atoms with Crippen LogP contribution in [-0.2, 0) is 23.9 Å². The minimum absolute atomic E-state index is 0.712. The Labute approximate surface area is 78.2 Å². The maximum absolute atomic E-state index is 11.0. The summed E-state index contributed by atoms with van der Waals surface area (Å²) in [5.74, 6) is -3.75. The van der Waals surface area contributed by atoms with Crippen LogP contribution in [0.3, 0.4) is 0 Å². The number of ether oxygens (including phenoxy) is 2. The number of rotatable bonds is 2. The number of carboxylic acid groups (broad SMARTS) is 1. The quantitative estimate of drug-likeness (QED) is 0.515. The molecule has 14 heavy (non-hydrogen) atoms. The molecule has 1 aliphatic heterocycles. The van der Waals surface area contributed by atoms with Crippen molar-refractivity contribution in [1.82, 2.24) is 0 Å². The summed E-state index contributed by atoms with van der Waals surface area (Å²) < 4.78 is 8.45. The molecule has 78 valence electrons. The van der Waals surface area contributed by atoms with Crippen molar-refractivity contribution < 1.29 is 34.1 Å². The predicted octanol–water partition coefficient (Wildman–Crippen LogP) is -1.71. The molecule has 0 spiro atoms. The summed E-state index contributed by atoms with van der Waals surface area (Å²) in [6.45, 7) is 0. The number of carbonyl (C=O) groups is 3. The first kappa shape index (κ1) is 10.5. The van der Waals surface area contributed by atoms with E-state index in [0.717, 1.165) is 7.11 Å². The Morgan fingerprint density at radius 1 is 1.64 bits per heavy atom. The zero-order chi connectivity index (χ0) is 10.9. The molecule has 0 aromatic rings. The van der Waals surface area contributed by atoms with Crippen LogP contribution in [-0.4, -0.2) is 46.9 Å². The number of carboxylic acids is 1. The van der Waals surface area contributed by atoms with Gasteiger partial charge in [-0.2, -0.15) is 0 Å². The third-order valence-electron chi connectivity index (χ3n) is 1.86. The first-order chi connectivity index (χ1) is 6.41. The molecule has 0 aromatic heterocycles. The van der Waals surface area contributed by atoms with Gasteiger partial charge in [-0.1, -0.05) is 0 Å². The fourth-order valence-corrected chi connectivity index (χ4v) is 1.19. The van der Waals surface area contributed by atoms with Crippen molar-refractivity contribution in [2.24, 2.45) is 0 Å². The third-order valence-corrected chi connectivity index (χ3v) is 1.86. The number of carbonyl (C=O) groups excluding carboxylic acids is 2. The Bertz CT molecular complexity index is 296. The number of methoxy groups -OCH3 is 1. The van der Waals surface area contributed by atoms with E-state index in [2.05, 4.69) is 9.47 Å². The number of esters is 2. The molecule has 2 N–H and O–H groups in total. The van der Waals surface area contributed by atoms with Crippen molar-refractivity contribution in [1.29, 1.82) is 0 Å². The molecule has 2 atom stereocenters. The molecule has 0 saturated carbocycles. The molecule has 0 aromatic carbocycles. The van der Waals surface area contributed by atoms with E-state index < -0.39 is 36.0 Å². The van der Waals surface area contributed by atoms with Crippen molar-refractivity contribution in [3.05, 3.63) is 0 Å². The van der Waals surface area contributed by atoms with Gasteiger partial charge >= 0.3 is 17.9 Å². The average molecular weight is 204 g/mol. The van der Waals surface area contributed by atoms with Gasteiger partial charge in [-0.25, -0.2) is 9.59 Å². The SMILES string of the molecule is COC(=O)[C@]1(O)CC(=O)O[C@H]1C(=O)O. The standard InChI is InChI=1S/C7H8O7/c1-13-6(11)7(12)2-3(8)14-4(7)5(9)10/h4,12H,2H2,1H3,(H,9,10)/t4-,7-/m0/s1. The van der Waals surface area contributed by atoms with Crippen LogP contribution in [0, 0.1) is 0 Å². The normalized spacial score (nSPS) is 31.0. The number of hydrogen-bond acceptors (Lipinski definition) is 6. The highest BCUT2D eigenvalue weighted by atomic mass is 16.6. The van der Waals surface area contributed by atoms with Gasteiger partial charge in [0.25, 0.3) is 0 Å². The maximum atomic E-state index is 11.0. The second kappa shape index (κ2) is 3.26. The van der Waals surface area contributed by atoms with Gasteiger partial charge in [0.15, 0.2) is 0 Å². The zero-order valence-corrected chi connectivity index (χ0v) is 7.22. The lowest BCUT2D eigenvalue weighted by atomic mass is 9.96. The maximum Gasteiger partial charge on any atom is 0.348 e. The van der Waals surface area contributed by atoms with E-state index in [-0.39, 0.29) is 0 Å². The lowest BCUT2D eigenvalue weighted by molar-refractivity contribution is -0.178. The minimum Gasteiger partial charge on any atom is -0.478 e. The highest BCUT2D eigenvalue weighted by Crippen LogP contribution is 2.28. The third kappa shape index (κ3) is 1.41. The molecular weight excluding hydrogens is 196 g/mol. The van der Waals surface area contributed by atoms with E-state index in [1.807, 2.05) is 0 Å². The highest BCUT2D eigenvalue weighted by molar-refractivity contribution is 5.96. The Balaban J connectivity index is 3.00. The largest absolute Gasteiger partial charge is 0.478 e. The Morgan fingerprint density at radius 3 is 2.64 bits per heavy atom. The fourth-order valence-electron chi connectivity index (χ4n) is 1.19. The molecule has 1 heterocycles. The van der Waals surface area contributed by atoms with E-state index in [1.165, 1.54) is 0 Å². The van der Waals surface area contributed by atoms with Crippen LogP contribution in [0.15, 0.2) is 0 Å². The molecule has 1 saturated heterocycles. The molecule has 1 aliphatic rings. The summed E-state index contributed by atoms with van der Waals surface area (Å²) >= 11 is 0. The van der Waals surface area contributed by atoms with Gasteiger partial charge in [-0.05, 0) is 0 Å². The van der Waals surface area contributed by atoms with Crippen molar-refractivity contribution >= 4 is 17.9 Å². The highest BCUT2D eigenvalue weighted by Gasteiger charge is 2.58. The van der Waals surface area contributed by atoms with Gasteiger partial charge in [0.1, 0.15) is 0 Å². The molecule has 7 nitrogen and oxygen atoms in total. The van der Waals surface area contributed by atoms with E-state index in [1.54, 1.807) is 0 Å². The summed E-state index contributed by atoms with van der Waals surface area (Å²) in [6.07, 6.45) is -2.61. The van der Waals surface area contributed by atoms with Crippen LogP contribution in [0.5, 0.6) is 0 Å². The van der Waals surface area contributed by atoms with E-state index >= 15 is 0 Å². The second-order valence-corrected chi connectivity index (χ2v) is 2.80. The number of aliphatic carboxylic acids is 1. The summed E-state index contributed by atoms with van der Waals surface area (Å²) in [7, 11) is 0.974. The first-order valence-corrected chi connectivity index (χ1v) is 3.65. The van der Waals surface area contributed by atoms with E-state index in [4.69, 9.17) is 5.11 Å². The smallest absolute Gasteiger partial charge is 0.348 e. The molecule has 0 aliphatic carbocycles. The molecule has 0 unspecified atom stereocenters. The van der Waals surface area contributed by atoms with Gasteiger partial charge in [0, 0.05) is 0 Å². The van der Waals surface area contributed by atoms with E-state index in [9.17, 15) is 19.5 Å². The summed E-state index contributed by atoms with van der Waals surface area (Å²) in [4.78, 5) is 32.3. The second-order valence-electron chi connectivity index (χ2n) is 2.80. The van der Waals surface area contributed by atoms with Crippen LogP contribution in [0.2, 0.25) is 0 Å². The number of hydrogen-bond donors (Lipinski definition) is 2. The van der Waals surface area contributed by atoms with Gasteiger partial charge in [0.2, 0.25) is 11.7 Å². The van der Waals surface area contributed by atoms with Crippen molar-refractivity contribution in [2.75, 3.05) is 7.11 Å². The summed E-state index contributed by atoms with van der Waals surface area (Å²) in [6, 6.07) is 0. The van der Waals surface area contributed by atoms with Crippen molar-refractivity contribution in [2.45, 2.75) is 18.1 Å². The topological polar surface area (TPSA) is 110 Å². The monoisotopic (exact) mass is 204 g/mol. The first-order valence-electron chi connectivity index (χ1n) is 3.65. The number of aliphatic hydroxyl groups is 1. The molecule has 0 radical (unpaired) electrons.